The predicted octanol–water partition coefficient (Wildman–Crippen LogP) is 3.06. The van der Waals surface area contributed by atoms with Gasteiger partial charge in [0.2, 0.25) is 5.91 Å². The second-order valence-corrected chi connectivity index (χ2v) is 6.13. The number of rotatable bonds is 4. The van der Waals surface area contributed by atoms with Crippen LogP contribution in [0.5, 0.6) is 0 Å². The smallest absolute Gasteiger partial charge is 0.222 e. The average Bonchev–Trinajstić information content (AvgIpc) is 3.00. The lowest BCUT2D eigenvalue weighted by Gasteiger charge is -2.32. The van der Waals surface area contributed by atoms with E-state index in [-0.39, 0.29) is 5.91 Å². The van der Waals surface area contributed by atoms with Crippen molar-refractivity contribution in [2.24, 2.45) is 0 Å². The molecule has 4 nitrogen and oxygen atoms in total. The number of carbonyl (C=O) groups excluding carboxylic acids is 1. The van der Waals surface area contributed by atoms with E-state index in [1.54, 1.807) is 0 Å². The number of amides is 1. The summed E-state index contributed by atoms with van der Waals surface area (Å²) < 4.78 is 0. The monoisotopic (exact) mass is 297 g/mol. The minimum absolute atomic E-state index is 0.269. The lowest BCUT2D eigenvalue weighted by atomic mass is 9.92. The molecule has 1 amide bonds. The largest absolute Gasteiger partial charge is 0.342 e. The zero-order valence-corrected chi connectivity index (χ0v) is 13.1. The summed E-state index contributed by atoms with van der Waals surface area (Å²) in [7, 11) is 0. The van der Waals surface area contributed by atoms with E-state index in [1.165, 1.54) is 16.8 Å². The SMILES string of the molecule is Cc1cn[nH]c1C1CCCN(C(=O)CCc2ccccc2)C1. The van der Waals surface area contributed by atoms with Crippen LogP contribution in [0.3, 0.4) is 0 Å². The third kappa shape index (κ3) is 3.38. The van der Waals surface area contributed by atoms with E-state index < -0.39 is 0 Å². The van der Waals surface area contributed by atoms with Crippen molar-refractivity contribution in [3.05, 3.63) is 53.3 Å². The Morgan fingerprint density at radius 3 is 2.91 bits per heavy atom. The molecule has 1 fully saturated rings. The van der Waals surface area contributed by atoms with Crippen molar-refractivity contribution in [1.82, 2.24) is 15.1 Å². The van der Waals surface area contributed by atoms with Gasteiger partial charge in [0.1, 0.15) is 0 Å². The van der Waals surface area contributed by atoms with Crippen molar-refractivity contribution >= 4 is 5.91 Å². The van der Waals surface area contributed by atoms with Crippen LogP contribution in [0.25, 0.3) is 0 Å². The molecule has 4 heteroatoms. The number of likely N-dealkylation sites (tertiary alicyclic amines) is 1. The van der Waals surface area contributed by atoms with E-state index in [9.17, 15) is 4.79 Å². The van der Waals surface area contributed by atoms with Gasteiger partial charge in [-0.05, 0) is 37.3 Å². The fourth-order valence-electron chi connectivity index (χ4n) is 3.26. The molecule has 0 saturated carbocycles. The van der Waals surface area contributed by atoms with Crippen molar-refractivity contribution in [2.75, 3.05) is 13.1 Å². The zero-order chi connectivity index (χ0) is 15.4. The molecular formula is C18H23N3O. The fraction of sp³-hybridized carbons (Fsp3) is 0.444. The van der Waals surface area contributed by atoms with Gasteiger partial charge in [0.15, 0.2) is 0 Å². The van der Waals surface area contributed by atoms with E-state index >= 15 is 0 Å². The number of carbonyl (C=O) groups is 1. The Morgan fingerprint density at radius 1 is 1.36 bits per heavy atom. The van der Waals surface area contributed by atoms with Gasteiger partial charge >= 0.3 is 0 Å². The van der Waals surface area contributed by atoms with Gasteiger partial charge in [0.05, 0.1) is 6.20 Å². The molecular weight excluding hydrogens is 274 g/mol. The summed E-state index contributed by atoms with van der Waals surface area (Å²) in [5.74, 6) is 0.669. The Kier molecular flexibility index (Phi) is 4.56. The molecule has 22 heavy (non-hydrogen) atoms. The number of H-pyrrole nitrogens is 1. The number of benzene rings is 1. The van der Waals surface area contributed by atoms with Gasteiger partial charge in [-0.2, -0.15) is 5.10 Å². The molecule has 2 heterocycles. The first kappa shape index (κ1) is 14.8. The van der Waals surface area contributed by atoms with Gasteiger partial charge in [0, 0.05) is 31.1 Å². The van der Waals surface area contributed by atoms with Crippen LogP contribution in [0, 0.1) is 6.92 Å². The summed E-state index contributed by atoms with van der Waals surface area (Å²) in [6.07, 6.45) is 5.49. The van der Waals surface area contributed by atoms with Crippen LogP contribution < -0.4 is 0 Å². The maximum Gasteiger partial charge on any atom is 0.222 e. The molecule has 0 bridgehead atoms. The molecule has 0 spiro atoms. The van der Waals surface area contributed by atoms with Gasteiger partial charge < -0.3 is 4.90 Å². The summed E-state index contributed by atoms with van der Waals surface area (Å²) >= 11 is 0. The molecule has 1 aromatic heterocycles. The molecule has 2 aromatic rings. The molecule has 1 N–H and O–H groups in total. The number of nitrogens with zero attached hydrogens (tertiary/aromatic N) is 2. The highest BCUT2D eigenvalue weighted by atomic mass is 16.2. The lowest BCUT2D eigenvalue weighted by molar-refractivity contribution is -0.132. The van der Waals surface area contributed by atoms with Gasteiger partial charge in [-0.15, -0.1) is 0 Å². The third-order valence-electron chi connectivity index (χ3n) is 4.52. The molecule has 0 aliphatic carbocycles. The number of aryl methyl sites for hydroxylation is 2. The fourth-order valence-corrected chi connectivity index (χ4v) is 3.26. The maximum atomic E-state index is 12.5. The Morgan fingerprint density at radius 2 is 2.18 bits per heavy atom. The second-order valence-electron chi connectivity index (χ2n) is 6.13. The van der Waals surface area contributed by atoms with Gasteiger partial charge in [-0.3, -0.25) is 9.89 Å². The standard InChI is InChI=1S/C18H23N3O/c1-14-12-19-20-18(14)16-8-5-11-21(13-16)17(22)10-9-15-6-3-2-4-7-15/h2-4,6-7,12,16H,5,8-11,13H2,1H3,(H,19,20). The number of aromatic nitrogens is 2. The summed E-state index contributed by atoms with van der Waals surface area (Å²) in [6, 6.07) is 10.2. The maximum absolute atomic E-state index is 12.5. The minimum Gasteiger partial charge on any atom is -0.342 e. The highest BCUT2D eigenvalue weighted by Gasteiger charge is 2.26. The normalized spacial score (nSPS) is 18.4. The molecule has 1 aromatic carbocycles. The summed E-state index contributed by atoms with van der Waals surface area (Å²) in [5, 5.41) is 7.22. The van der Waals surface area contributed by atoms with Crippen LogP contribution >= 0.6 is 0 Å². The number of aromatic amines is 1. The van der Waals surface area contributed by atoms with Crippen molar-refractivity contribution < 1.29 is 4.79 Å². The van der Waals surface area contributed by atoms with Gasteiger partial charge in [-0.25, -0.2) is 0 Å². The van der Waals surface area contributed by atoms with Crippen molar-refractivity contribution in [3.63, 3.8) is 0 Å². The first-order valence-corrected chi connectivity index (χ1v) is 8.05. The van der Waals surface area contributed by atoms with E-state index in [0.29, 0.717) is 12.3 Å². The molecule has 0 radical (unpaired) electrons. The lowest BCUT2D eigenvalue weighted by Crippen LogP contribution is -2.39. The third-order valence-corrected chi connectivity index (χ3v) is 4.52. The Bertz CT molecular complexity index is 620. The molecule has 1 unspecified atom stereocenters. The van der Waals surface area contributed by atoms with E-state index in [2.05, 4.69) is 29.3 Å². The number of hydrogen-bond donors (Lipinski definition) is 1. The van der Waals surface area contributed by atoms with E-state index in [4.69, 9.17) is 0 Å². The molecule has 1 atom stereocenters. The van der Waals surface area contributed by atoms with E-state index in [0.717, 1.165) is 32.4 Å². The Balaban J connectivity index is 1.57. The number of nitrogens with one attached hydrogen (secondary N) is 1. The summed E-state index contributed by atoms with van der Waals surface area (Å²) in [4.78, 5) is 14.5. The first-order valence-electron chi connectivity index (χ1n) is 8.05. The number of piperidine rings is 1. The van der Waals surface area contributed by atoms with Crippen molar-refractivity contribution in [2.45, 2.75) is 38.5 Å². The minimum atomic E-state index is 0.269. The van der Waals surface area contributed by atoms with Crippen LogP contribution in [0.1, 0.15) is 42.0 Å². The Hall–Kier alpha value is -2.10. The first-order chi connectivity index (χ1) is 10.7. The summed E-state index contributed by atoms with van der Waals surface area (Å²) in [5.41, 5.74) is 3.62. The molecule has 1 aliphatic rings. The van der Waals surface area contributed by atoms with Crippen LogP contribution in [0.2, 0.25) is 0 Å². The quantitative estimate of drug-likeness (QED) is 0.943. The second kappa shape index (κ2) is 6.77. The van der Waals surface area contributed by atoms with Crippen molar-refractivity contribution in [3.8, 4) is 0 Å². The molecule has 116 valence electrons. The van der Waals surface area contributed by atoms with Crippen LogP contribution in [-0.4, -0.2) is 34.1 Å². The van der Waals surface area contributed by atoms with Gasteiger partial charge in [0.25, 0.3) is 0 Å². The number of hydrogen-bond acceptors (Lipinski definition) is 2. The highest BCUT2D eigenvalue weighted by Crippen LogP contribution is 2.27. The molecule has 3 rings (SSSR count). The highest BCUT2D eigenvalue weighted by molar-refractivity contribution is 5.76. The predicted molar refractivity (Wildman–Crippen MR) is 86.6 cm³/mol. The Labute approximate surface area is 131 Å². The van der Waals surface area contributed by atoms with Crippen LogP contribution in [0.15, 0.2) is 36.5 Å². The van der Waals surface area contributed by atoms with Crippen molar-refractivity contribution in [1.29, 1.82) is 0 Å². The van der Waals surface area contributed by atoms with E-state index in [1.807, 2.05) is 29.3 Å². The average molecular weight is 297 g/mol. The topological polar surface area (TPSA) is 49.0 Å². The molecule has 1 saturated heterocycles. The zero-order valence-electron chi connectivity index (χ0n) is 13.1. The van der Waals surface area contributed by atoms with Crippen LogP contribution in [0.4, 0.5) is 0 Å². The molecule has 1 aliphatic heterocycles. The van der Waals surface area contributed by atoms with Gasteiger partial charge in [-0.1, -0.05) is 30.3 Å². The van der Waals surface area contributed by atoms with Crippen LogP contribution in [-0.2, 0) is 11.2 Å². The summed E-state index contributed by atoms with van der Waals surface area (Å²) in [6.45, 7) is 3.78.